The minimum Gasteiger partial charge on any atom is -0.361 e. The molecule has 2 aliphatic rings. The van der Waals surface area contributed by atoms with E-state index in [2.05, 4.69) is 96.5 Å². The Labute approximate surface area is 265 Å². The third-order valence-electron chi connectivity index (χ3n) is 9.45. The first-order valence-corrected chi connectivity index (χ1v) is 16.1. The molecule has 6 nitrogen and oxygen atoms in total. The van der Waals surface area contributed by atoms with Crippen molar-refractivity contribution in [3.8, 4) is 0 Å². The summed E-state index contributed by atoms with van der Waals surface area (Å²) in [6, 6.07) is 36.5. The second kappa shape index (κ2) is 12.4. The number of hydrogen-bond acceptors (Lipinski definition) is 3. The van der Waals surface area contributed by atoms with Crippen LogP contribution in [0.5, 0.6) is 0 Å². The van der Waals surface area contributed by atoms with E-state index in [1.165, 1.54) is 11.1 Å². The van der Waals surface area contributed by atoms with E-state index in [4.69, 9.17) is 0 Å². The van der Waals surface area contributed by atoms with Crippen molar-refractivity contribution in [1.29, 1.82) is 0 Å². The van der Waals surface area contributed by atoms with E-state index in [0.717, 1.165) is 35.1 Å². The molecule has 2 amide bonds. The summed E-state index contributed by atoms with van der Waals surface area (Å²) >= 11 is 0. The fourth-order valence-corrected chi connectivity index (χ4v) is 7.37. The van der Waals surface area contributed by atoms with Crippen molar-refractivity contribution < 1.29 is 9.59 Å². The summed E-state index contributed by atoms with van der Waals surface area (Å²) in [5.74, 6) is 0.220. The van der Waals surface area contributed by atoms with Gasteiger partial charge in [-0.25, -0.2) is 0 Å². The van der Waals surface area contributed by atoms with Gasteiger partial charge in [0, 0.05) is 54.4 Å². The Hall–Kier alpha value is -4.68. The Morgan fingerprint density at radius 2 is 1.36 bits per heavy atom. The highest BCUT2D eigenvalue weighted by Crippen LogP contribution is 2.43. The smallest absolute Gasteiger partial charge is 0.255 e. The lowest BCUT2D eigenvalue weighted by molar-refractivity contribution is -0.139. The average molecular weight is 597 g/mol. The van der Waals surface area contributed by atoms with Gasteiger partial charge < -0.3 is 14.8 Å². The van der Waals surface area contributed by atoms with E-state index < -0.39 is 6.04 Å². The van der Waals surface area contributed by atoms with Gasteiger partial charge in [0.1, 0.15) is 6.04 Å². The van der Waals surface area contributed by atoms with Crippen LogP contribution in [0.15, 0.2) is 115 Å². The molecule has 0 saturated carbocycles. The average Bonchev–Trinajstić information content (AvgIpc) is 3.63. The second-order valence-electron chi connectivity index (χ2n) is 12.7. The van der Waals surface area contributed by atoms with Crippen molar-refractivity contribution in [3.63, 3.8) is 0 Å². The van der Waals surface area contributed by atoms with Crippen LogP contribution in [0, 0.1) is 5.92 Å². The highest BCUT2D eigenvalue weighted by molar-refractivity contribution is 6.03. The number of fused-ring (bicyclic) bond motifs is 2. The van der Waals surface area contributed by atoms with Crippen molar-refractivity contribution in [2.75, 3.05) is 26.2 Å². The number of aromatic nitrogens is 1. The van der Waals surface area contributed by atoms with E-state index in [9.17, 15) is 9.59 Å². The van der Waals surface area contributed by atoms with Gasteiger partial charge >= 0.3 is 0 Å². The first-order chi connectivity index (χ1) is 22.0. The van der Waals surface area contributed by atoms with Crippen LogP contribution in [0.3, 0.4) is 0 Å². The number of nitrogens with one attached hydrogen (secondary N) is 1. The summed E-state index contributed by atoms with van der Waals surface area (Å²) in [5.41, 5.74) is 6.22. The maximum Gasteiger partial charge on any atom is 0.255 e. The number of amides is 2. The van der Waals surface area contributed by atoms with Gasteiger partial charge in [-0.2, -0.15) is 0 Å². The maximum atomic E-state index is 14.6. The Morgan fingerprint density at radius 1 is 0.756 bits per heavy atom. The van der Waals surface area contributed by atoms with Crippen LogP contribution in [0.2, 0.25) is 0 Å². The van der Waals surface area contributed by atoms with Crippen molar-refractivity contribution >= 4 is 22.7 Å². The molecule has 1 N–H and O–H groups in total. The van der Waals surface area contributed by atoms with Gasteiger partial charge in [0.2, 0.25) is 5.91 Å². The molecule has 3 heterocycles. The summed E-state index contributed by atoms with van der Waals surface area (Å²) < 4.78 is 0. The molecule has 6 heteroatoms. The predicted octanol–water partition coefficient (Wildman–Crippen LogP) is 7.06. The predicted molar refractivity (Wildman–Crippen MR) is 179 cm³/mol. The molecule has 0 bridgehead atoms. The zero-order chi connectivity index (χ0) is 30.9. The molecule has 0 spiro atoms. The zero-order valence-electron chi connectivity index (χ0n) is 26.0. The van der Waals surface area contributed by atoms with Crippen LogP contribution in [0.1, 0.15) is 65.0 Å². The largest absolute Gasteiger partial charge is 0.361 e. The summed E-state index contributed by atoms with van der Waals surface area (Å²) in [6.07, 6.45) is 2.62. The number of para-hydroxylation sites is 1. The van der Waals surface area contributed by atoms with Crippen LogP contribution in [-0.2, 0) is 4.79 Å². The number of carbonyl (C=O) groups is 2. The van der Waals surface area contributed by atoms with Crippen LogP contribution in [0.25, 0.3) is 10.9 Å². The topological polar surface area (TPSA) is 59.7 Å². The number of rotatable bonds is 8. The minimum absolute atomic E-state index is 0.0466. The Bertz CT molecular complexity index is 1750. The van der Waals surface area contributed by atoms with E-state index in [1.807, 2.05) is 52.4 Å². The van der Waals surface area contributed by atoms with Gasteiger partial charge in [-0.1, -0.05) is 111 Å². The molecule has 1 fully saturated rings. The van der Waals surface area contributed by atoms with Crippen molar-refractivity contribution in [2.45, 2.75) is 38.4 Å². The molecular weight excluding hydrogens is 556 g/mol. The molecule has 7 rings (SSSR count). The molecule has 2 atom stereocenters. The molecule has 45 heavy (non-hydrogen) atoms. The number of H-pyrrole nitrogens is 1. The molecule has 1 aromatic heterocycles. The molecule has 2 unspecified atom stereocenters. The van der Waals surface area contributed by atoms with Crippen molar-refractivity contribution in [2.24, 2.45) is 5.92 Å². The molecule has 4 aromatic carbocycles. The quantitative estimate of drug-likeness (QED) is 0.209. The first-order valence-electron chi connectivity index (χ1n) is 16.1. The van der Waals surface area contributed by atoms with Crippen LogP contribution in [0.4, 0.5) is 0 Å². The van der Waals surface area contributed by atoms with Gasteiger partial charge in [-0.05, 0) is 41.2 Å². The van der Waals surface area contributed by atoms with Gasteiger partial charge in [0.25, 0.3) is 5.91 Å². The third kappa shape index (κ3) is 5.44. The third-order valence-corrected chi connectivity index (χ3v) is 9.45. The zero-order valence-corrected chi connectivity index (χ0v) is 26.0. The van der Waals surface area contributed by atoms with E-state index >= 15 is 0 Å². The first kappa shape index (κ1) is 29.1. The highest BCUT2D eigenvalue weighted by atomic mass is 16.2. The fraction of sp³-hybridized carbons (Fsp3) is 0.282. The SMILES string of the molecule is CC(C)CC(C(=O)N1CCN(C(c2ccccc2)c2ccccc2)CC1)N1C(=O)c2ccccc2C1c1c[nH]c2ccccc12. The number of nitrogens with zero attached hydrogens (tertiary/aromatic N) is 3. The molecule has 1 saturated heterocycles. The Kier molecular flexibility index (Phi) is 7.99. The molecule has 228 valence electrons. The van der Waals surface area contributed by atoms with Crippen molar-refractivity contribution in [3.05, 3.63) is 143 Å². The summed E-state index contributed by atoms with van der Waals surface area (Å²) in [6.45, 7) is 7.03. The number of carbonyl (C=O) groups excluding carboxylic acids is 2. The minimum atomic E-state index is -0.561. The Balaban J connectivity index is 1.19. The fourth-order valence-electron chi connectivity index (χ4n) is 7.37. The van der Waals surface area contributed by atoms with E-state index in [-0.39, 0.29) is 29.8 Å². The normalized spacial score (nSPS) is 17.8. The second-order valence-corrected chi connectivity index (χ2v) is 12.7. The number of benzene rings is 4. The summed E-state index contributed by atoms with van der Waals surface area (Å²) in [4.78, 5) is 38.6. The van der Waals surface area contributed by atoms with Gasteiger partial charge in [-0.15, -0.1) is 0 Å². The number of hydrogen-bond donors (Lipinski definition) is 1. The molecule has 0 radical (unpaired) electrons. The lowest BCUT2D eigenvalue weighted by Gasteiger charge is -2.42. The molecular formula is C39H40N4O2. The summed E-state index contributed by atoms with van der Waals surface area (Å²) in [5, 5.41) is 1.08. The standard InChI is InChI=1S/C39H40N4O2/c1-27(2)25-35(43-37(31-18-9-10-19-32(31)38(43)44)33-26-40-34-20-12-11-17-30(33)34)39(45)42-23-21-41(22-24-42)36(28-13-5-3-6-14-28)29-15-7-4-8-16-29/h3-20,26-27,35-37,40H,21-25H2,1-2H3. The van der Waals surface area contributed by atoms with Crippen LogP contribution < -0.4 is 0 Å². The highest BCUT2D eigenvalue weighted by Gasteiger charge is 2.46. The lowest BCUT2D eigenvalue weighted by Crippen LogP contribution is -2.56. The Morgan fingerprint density at radius 3 is 2.02 bits per heavy atom. The molecule has 0 aliphatic carbocycles. The van der Waals surface area contributed by atoms with Gasteiger partial charge in [0.15, 0.2) is 0 Å². The van der Waals surface area contributed by atoms with Gasteiger partial charge in [0.05, 0.1) is 12.1 Å². The van der Waals surface area contributed by atoms with Crippen LogP contribution >= 0.6 is 0 Å². The summed E-state index contributed by atoms with van der Waals surface area (Å²) in [7, 11) is 0. The molecule has 2 aliphatic heterocycles. The lowest BCUT2D eigenvalue weighted by atomic mass is 9.94. The van der Waals surface area contributed by atoms with Crippen LogP contribution in [-0.4, -0.2) is 63.7 Å². The van der Waals surface area contributed by atoms with Gasteiger partial charge in [-0.3, -0.25) is 14.5 Å². The number of aromatic amines is 1. The maximum absolute atomic E-state index is 14.6. The van der Waals surface area contributed by atoms with E-state index in [1.54, 1.807) is 0 Å². The number of piperazine rings is 1. The van der Waals surface area contributed by atoms with Crippen molar-refractivity contribution in [1.82, 2.24) is 19.7 Å². The molecule has 5 aromatic rings. The van der Waals surface area contributed by atoms with E-state index in [0.29, 0.717) is 25.1 Å². The monoisotopic (exact) mass is 596 g/mol.